The zero-order valence-corrected chi connectivity index (χ0v) is 8.65. The van der Waals surface area contributed by atoms with Crippen LogP contribution in [-0.4, -0.2) is 46.2 Å². The fourth-order valence-electron chi connectivity index (χ4n) is 1.70. The first-order valence-corrected chi connectivity index (χ1v) is 4.79. The monoisotopic (exact) mass is 218 g/mol. The van der Waals surface area contributed by atoms with Crippen molar-refractivity contribution in [2.75, 3.05) is 19.8 Å². The lowest BCUT2D eigenvalue weighted by Crippen LogP contribution is -2.31. The molecule has 0 atom stereocenters. The highest BCUT2D eigenvalue weighted by Crippen LogP contribution is 2.37. The molecular formula is C10H18O5. The number of aliphatic carboxylic acids is 1. The molecule has 0 spiro atoms. The first-order valence-electron chi connectivity index (χ1n) is 4.79. The van der Waals surface area contributed by atoms with E-state index >= 15 is 0 Å². The molecule has 4 N–H and O–H groups in total. The first kappa shape index (κ1) is 14.1. The van der Waals surface area contributed by atoms with Crippen LogP contribution in [0.25, 0.3) is 0 Å². The van der Waals surface area contributed by atoms with E-state index < -0.39 is 11.4 Å². The van der Waals surface area contributed by atoms with Crippen LogP contribution in [0.2, 0.25) is 0 Å². The number of rotatable bonds is 8. The summed E-state index contributed by atoms with van der Waals surface area (Å²) in [5.74, 6) is -1.16. The first-order chi connectivity index (χ1) is 7.04. The summed E-state index contributed by atoms with van der Waals surface area (Å²) >= 11 is 0. The SMILES string of the molecule is C=C(C(=O)O)C(CCO)(CCO)CCO. The van der Waals surface area contributed by atoms with Crippen molar-refractivity contribution in [2.24, 2.45) is 5.41 Å². The van der Waals surface area contributed by atoms with Gasteiger partial charge >= 0.3 is 5.97 Å². The molecule has 0 aliphatic carbocycles. The largest absolute Gasteiger partial charge is 0.478 e. The lowest BCUT2D eigenvalue weighted by atomic mass is 9.73. The van der Waals surface area contributed by atoms with Gasteiger partial charge in [-0.3, -0.25) is 0 Å². The number of aliphatic hydroxyl groups excluding tert-OH is 3. The van der Waals surface area contributed by atoms with Gasteiger partial charge in [-0.25, -0.2) is 4.79 Å². The van der Waals surface area contributed by atoms with Gasteiger partial charge in [0.1, 0.15) is 0 Å². The van der Waals surface area contributed by atoms with Gasteiger partial charge in [-0.15, -0.1) is 0 Å². The van der Waals surface area contributed by atoms with Crippen LogP contribution >= 0.6 is 0 Å². The molecule has 0 aliphatic heterocycles. The van der Waals surface area contributed by atoms with Crippen LogP contribution in [0.4, 0.5) is 0 Å². The molecule has 0 unspecified atom stereocenters. The van der Waals surface area contributed by atoms with Crippen molar-refractivity contribution in [1.82, 2.24) is 0 Å². The Bertz CT molecular complexity index is 207. The van der Waals surface area contributed by atoms with E-state index in [-0.39, 0.29) is 44.7 Å². The molecule has 0 heterocycles. The molecule has 0 saturated heterocycles. The molecule has 0 aromatic heterocycles. The minimum absolute atomic E-state index is 0.0698. The Balaban J connectivity index is 4.90. The van der Waals surface area contributed by atoms with Crippen molar-refractivity contribution in [3.63, 3.8) is 0 Å². The highest BCUT2D eigenvalue weighted by Gasteiger charge is 2.35. The Labute approximate surface area is 88.7 Å². The van der Waals surface area contributed by atoms with Gasteiger partial charge in [0.2, 0.25) is 0 Å². The third-order valence-corrected chi connectivity index (χ3v) is 2.67. The summed E-state index contributed by atoms with van der Waals surface area (Å²) in [6.07, 6.45) is 0.539. The molecule has 0 amide bonds. The standard InChI is InChI=1S/C10H18O5/c1-8(9(14)15)10(2-5-11,3-6-12)4-7-13/h11-13H,1-7H2,(H,14,15). The predicted molar refractivity (Wildman–Crippen MR) is 54.3 cm³/mol. The van der Waals surface area contributed by atoms with Crippen molar-refractivity contribution >= 4 is 5.97 Å². The fourth-order valence-corrected chi connectivity index (χ4v) is 1.70. The van der Waals surface area contributed by atoms with Crippen LogP contribution in [0.3, 0.4) is 0 Å². The van der Waals surface area contributed by atoms with Crippen LogP contribution in [0, 0.1) is 5.41 Å². The Kier molecular flexibility index (Phi) is 6.15. The highest BCUT2D eigenvalue weighted by atomic mass is 16.4. The molecule has 0 aromatic carbocycles. The van der Waals surface area contributed by atoms with Crippen molar-refractivity contribution in [3.8, 4) is 0 Å². The maximum atomic E-state index is 10.8. The van der Waals surface area contributed by atoms with E-state index in [1.54, 1.807) is 0 Å². The van der Waals surface area contributed by atoms with E-state index in [4.69, 9.17) is 20.4 Å². The number of carboxylic acid groups (broad SMARTS) is 1. The quantitative estimate of drug-likeness (QED) is 0.421. The zero-order chi connectivity index (χ0) is 11.9. The number of carboxylic acids is 1. The lowest BCUT2D eigenvalue weighted by molar-refractivity contribution is -0.134. The molecule has 5 nitrogen and oxygen atoms in total. The summed E-state index contributed by atoms with van der Waals surface area (Å²) in [6.45, 7) is 2.84. The van der Waals surface area contributed by atoms with Crippen molar-refractivity contribution in [1.29, 1.82) is 0 Å². The zero-order valence-electron chi connectivity index (χ0n) is 8.65. The minimum atomic E-state index is -1.16. The number of hydrogen-bond donors (Lipinski definition) is 4. The smallest absolute Gasteiger partial charge is 0.331 e. The van der Waals surface area contributed by atoms with Gasteiger partial charge < -0.3 is 20.4 Å². The molecular weight excluding hydrogens is 200 g/mol. The second kappa shape index (κ2) is 6.55. The normalized spacial score (nSPS) is 11.4. The average Bonchev–Trinajstić information content (AvgIpc) is 2.17. The number of carbonyl (C=O) groups is 1. The second-order valence-corrected chi connectivity index (χ2v) is 3.48. The molecule has 15 heavy (non-hydrogen) atoms. The lowest BCUT2D eigenvalue weighted by Gasteiger charge is -2.32. The molecule has 5 heteroatoms. The van der Waals surface area contributed by atoms with Gasteiger partial charge in [-0.1, -0.05) is 6.58 Å². The van der Waals surface area contributed by atoms with Gasteiger partial charge in [-0.05, 0) is 19.3 Å². The van der Waals surface area contributed by atoms with Crippen LogP contribution < -0.4 is 0 Å². The highest BCUT2D eigenvalue weighted by molar-refractivity contribution is 5.87. The Morgan fingerprint density at radius 3 is 1.53 bits per heavy atom. The summed E-state index contributed by atoms with van der Waals surface area (Å²) in [6, 6.07) is 0. The Hall–Kier alpha value is -0.910. The van der Waals surface area contributed by atoms with Gasteiger partial charge in [0.15, 0.2) is 0 Å². The van der Waals surface area contributed by atoms with Crippen LogP contribution in [0.5, 0.6) is 0 Å². The van der Waals surface area contributed by atoms with Gasteiger partial charge in [0.25, 0.3) is 0 Å². The van der Waals surface area contributed by atoms with Crippen LogP contribution in [0.1, 0.15) is 19.3 Å². The molecule has 88 valence electrons. The predicted octanol–water partition coefficient (Wildman–Crippen LogP) is -0.239. The molecule has 0 bridgehead atoms. The van der Waals surface area contributed by atoms with E-state index in [1.807, 2.05) is 0 Å². The summed E-state index contributed by atoms with van der Waals surface area (Å²) in [4.78, 5) is 10.8. The third-order valence-electron chi connectivity index (χ3n) is 2.67. The molecule has 0 aliphatic rings. The van der Waals surface area contributed by atoms with Gasteiger partial charge in [0, 0.05) is 30.8 Å². The average molecular weight is 218 g/mol. The van der Waals surface area contributed by atoms with E-state index in [2.05, 4.69) is 6.58 Å². The molecule has 0 radical (unpaired) electrons. The second-order valence-electron chi connectivity index (χ2n) is 3.48. The van der Waals surface area contributed by atoms with Gasteiger partial charge in [-0.2, -0.15) is 0 Å². The molecule has 0 saturated carbocycles. The molecule has 0 fully saturated rings. The Morgan fingerprint density at radius 1 is 1.00 bits per heavy atom. The van der Waals surface area contributed by atoms with E-state index in [1.165, 1.54) is 0 Å². The maximum absolute atomic E-state index is 10.8. The Morgan fingerprint density at radius 2 is 1.33 bits per heavy atom. The summed E-state index contributed by atoms with van der Waals surface area (Å²) in [5.41, 5.74) is -0.982. The minimum Gasteiger partial charge on any atom is -0.478 e. The third kappa shape index (κ3) is 3.62. The topological polar surface area (TPSA) is 98.0 Å². The molecule has 0 aromatic rings. The van der Waals surface area contributed by atoms with Crippen molar-refractivity contribution < 1.29 is 25.2 Å². The van der Waals surface area contributed by atoms with Crippen LogP contribution in [0.15, 0.2) is 12.2 Å². The van der Waals surface area contributed by atoms with E-state index in [0.717, 1.165) is 0 Å². The maximum Gasteiger partial charge on any atom is 0.331 e. The van der Waals surface area contributed by atoms with E-state index in [9.17, 15) is 4.79 Å². The van der Waals surface area contributed by atoms with Gasteiger partial charge in [0.05, 0.1) is 0 Å². The number of aliphatic hydroxyl groups is 3. The fraction of sp³-hybridized carbons (Fsp3) is 0.700. The van der Waals surface area contributed by atoms with Crippen molar-refractivity contribution in [3.05, 3.63) is 12.2 Å². The van der Waals surface area contributed by atoms with E-state index in [0.29, 0.717) is 0 Å². The summed E-state index contributed by atoms with van der Waals surface area (Å²) < 4.78 is 0. The number of hydrogen-bond acceptors (Lipinski definition) is 4. The summed E-state index contributed by atoms with van der Waals surface area (Å²) in [5, 5.41) is 35.5. The van der Waals surface area contributed by atoms with Crippen LogP contribution in [-0.2, 0) is 4.79 Å². The van der Waals surface area contributed by atoms with Crippen molar-refractivity contribution in [2.45, 2.75) is 19.3 Å². The molecule has 0 rings (SSSR count). The summed E-state index contributed by atoms with van der Waals surface area (Å²) in [7, 11) is 0.